The van der Waals surface area contributed by atoms with Gasteiger partial charge >= 0.3 is 0 Å². The lowest BCUT2D eigenvalue weighted by molar-refractivity contribution is -0.139. The molecule has 6 atom stereocenters. The first kappa shape index (κ1) is 43.3. The average Bonchev–Trinajstić information content (AvgIpc) is 3.74. The molecule has 1 aliphatic heterocycles. The third-order valence-corrected chi connectivity index (χ3v) is 9.91. The van der Waals surface area contributed by atoms with Crippen LogP contribution in [0.15, 0.2) is 72.3 Å². The quantitative estimate of drug-likeness (QED) is 0.0767. The number of benzene rings is 2. The summed E-state index contributed by atoms with van der Waals surface area (Å²) in [6.07, 6.45) is 6.01. The number of hydrogen-bond donors (Lipinski definition) is 7. The maximum absolute atomic E-state index is 14.1. The van der Waals surface area contributed by atoms with E-state index in [0.29, 0.717) is 31.2 Å². The molecule has 0 aliphatic carbocycles. The number of amides is 6. The number of aromatic amines is 1. The van der Waals surface area contributed by atoms with E-state index >= 15 is 0 Å². The highest BCUT2D eigenvalue weighted by Gasteiger charge is 2.39. The molecule has 6 amide bonds. The Morgan fingerprint density at radius 3 is 2.23 bits per heavy atom. The van der Waals surface area contributed by atoms with Crippen LogP contribution in [0.2, 0.25) is 0 Å². The van der Waals surface area contributed by atoms with Gasteiger partial charge in [-0.25, -0.2) is 0 Å². The van der Waals surface area contributed by atoms with E-state index in [4.69, 9.17) is 11.5 Å². The van der Waals surface area contributed by atoms with Gasteiger partial charge in [0.2, 0.25) is 35.4 Å². The fraction of sp³-hybridized carbons (Fsp3) is 0.425. The van der Waals surface area contributed by atoms with Gasteiger partial charge in [-0.05, 0) is 66.5 Å². The molecule has 16 heteroatoms. The van der Waals surface area contributed by atoms with Gasteiger partial charge in [-0.15, -0.1) is 11.8 Å². The van der Waals surface area contributed by atoms with Gasteiger partial charge in [-0.3, -0.25) is 28.8 Å². The van der Waals surface area contributed by atoms with Crippen LogP contribution in [0.4, 0.5) is 0 Å². The van der Waals surface area contributed by atoms with Crippen molar-refractivity contribution in [3.8, 4) is 0 Å². The Hall–Kier alpha value is -5.48. The molecule has 0 saturated carbocycles. The molecular formula is C40H52N8O7S. The van der Waals surface area contributed by atoms with Gasteiger partial charge in [0.15, 0.2) is 0 Å². The van der Waals surface area contributed by atoms with E-state index in [0.717, 1.165) is 16.5 Å². The van der Waals surface area contributed by atoms with Crippen molar-refractivity contribution < 1.29 is 33.6 Å². The van der Waals surface area contributed by atoms with Crippen LogP contribution in [0.3, 0.4) is 0 Å². The normalized spacial score (nSPS) is 16.9. The number of aromatic nitrogens is 1. The molecule has 0 unspecified atom stereocenters. The summed E-state index contributed by atoms with van der Waals surface area (Å²) in [5.74, 6) is -3.82. The predicted octanol–water partition coefficient (Wildman–Crippen LogP) is 1.21. The molecule has 9 N–H and O–H groups in total. The van der Waals surface area contributed by atoms with Gasteiger partial charge in [-0.2, -0.15) is 0 Å². The highest BCUT2D eigenvalue weighted by molar-refractivity contribution is 8.01. The van der Waals surface area contributed by atoms with Crippen molar-refractivity contribution in [3.05, 3.63) is 83.4 Å². The summed E-state index contributed by atoms with van der Waals surface area (Å²) in [6.45, 7) is 4.12. The Morgan fingerprint density at radius 2 is 1.59 bits per heavy atom. The van der Waals surface area contributed by atoms with Gasteiger partial charge in [0.1, 0.15) is 30.5 Å². The Bertz CT molecular complexity index is 1880. The Balaban J connectivity index is 1.58. The molecule has 4 rings (SSSR count). The molecule has 1 fully saturated rings. The number of aldehydes is 1. The second-order valence-corrected chi connectivity index (χ2v) is 15.0. The standard InChI is InChI=1S/C40H52N8O7S/c1-24(2)19-34(48-17-15-29(41)40(48)55)39(54)46-32(16-18-56-3)37(52)45-31(13-14-35(42)50)36(51)47-33(21-26-22-43-30-12-8-7-11-28(26)30)38(53)44-27(23-49)20-25-9-5-4-6-10-25/h4-12,16,18,22-24,27,29,31-34,43H,13-15,17,19-21,41H2,1-3H3,(H2,42,50)(H,44,53)(H,45,52)(H,46,54)(H,47,51)/b18-16-/t27-,29+,31-,32-,33-,34+/m0/s1. The largest absolute Gasteiger partial charge is 0.370 e. The summed E-state index contributed by atoms with van der Waals surface area (Å²) in [5, 5.41) is 13.3. The van der Waals surface area contributed by atoms with E-state index < -0.39 is 65.8 Å². The molecule has 2 heterocycles. The molecule has 1 aromatic heterocycles. The summed E-state index contributed by atoms with van der Waals surface area (Å²) < 4.78 is 0. The van der Waals surface area contributed by atoms with E-state index in [1.54, 1.807) is 17.9 Å². The lowest BCUT2D eigenvalue weighted by Gasteiger charge is -2.30. The molecule has 300 valence electrons. The molecule has 1 aliphatic rings. The Morgan fingerprint density at radius 1 is 0.911 bits per heavy atom. The minimum Gasteiger partial charge on any atom is -0.370 e. The molecule has 15 nitrogen and oxygen atoms in total. The average molecular weight is 789 g/mol. The number of H-pyrrole nitrogens is 1. The number of carbonyl (C=O) groups is 7. The molecule has 0 bridgehead atoms. The second-order valence-electron chi connectivity index (χ2n) is 14.3. The third-order valence-electron chi connectivity index (χ3n) is 9.48. The Labute approximate surface area is 330 Å². The van der Waals surface area contributed by atoms with Crippen LogP contribution >= 0.6 is 11.8 Å². The summed E-state index contributed by atoms with van der Waals surface area (Å²) in [5.41, 5.74) is 13.7. The number of thioether (sulfide) groups is 1. The van der Waals surface area contributed by atoms with Crippen LogP contribution in [-0.4, -0.2) is 101 Å². The number of carbonyl (C=O) groups excluding carboxylic acids is 7. The number of para-hydroxylation sites is 1. The van der Waals surface area contributed by atoms with Crippen LogP contribution in [0.1, 0.15) is 50.7 Å². The van der Waals surface area contributed by atoms with E-state index in [9.17, 15) is 33.6 Å². The monoisotopic (exact) mass is 788 g/mol. The number of fused-ring (bicyclic) bond motifs is 1. The number of hydrogen-bond acceptors (Lipinski definition) is 9. The first-order valence-electron chi connectivity index (χ1n) is 18.6. The lowest BCUT2D eigenvalue weighted by atomic mass is 10.0. The van der Waals surface area contributed by atoms with Crippen molar-refractivity contribution in [2.45, 2.75) is 88.6 Å². The minimum atomic E-state index is -1.37. The van der Waals surface area contributed by atoms with Gasteiger partial charge < -0.3 is 47.4 Å². The van der Waals surface area contributed by atoms with Gasteiger partial charge in [0, 0.05) is 36.5 Å². The van der Waals surface area contributed by atoms with Crippen LogP contribution < -0.4 is 32.7 Å². The molecule has 0 radical (unpaired) electrons. The summed E-state index contributed by atoms with van der Waals surface area (Å²) in [7, 11) is 0. The van der Waals surface area contributed by atoms with Crippen molar-refractivity contribution in [1.82, 2.24) is 31.2 Å². The lowest BCUT2D eigenvalue weighted by Crippen LogP contribution is -2.59. The van der Waals surface area contributed by atoms with Crippen molar-refractivity contribution in [1.29, 1.82) is 0 Å². The number of nitrogens with zero attached hydrogens (tertiary/aromatic N) is 1. The maximum atomic E-state index is 14.1. The zero-order valence-electron chi connectivity index (χ0n) is 31.9. The number of primary amides is 1. The first-order chi connectivity index (χ1) is 26.8. The summed E-state index contributed by atoms with van der Waals surface area (Å²) >= 11 is 1.27. The molecule has 3 aromatic rings. The molecular weight excluding hydrogens is 737 g/mol. The van der Waals surface area contributed by atoms with E-state index in [-0.39, 0.29) is 37.5 Å². The van der Waals surface area contributed by atoms with Gasteiger partial charge in [-0.1, -0.05) is 62.4 Å². The number of nitrogens with two attached hydrogens (primary N) is 2. The number of likely N-dealkylation sites (tertiary alicyclic amines) is 1. The summed E-state index contributed by atoms with van der Waals surface area (Å²) in [6, 6.07) is 10.2. The fourth-order valence-corrected chi connectivity index (χ4v) is 6.88. The van der Waals surface area contributed by atoms with E-state index in [1.165, 1.54) is 22.7 Å². The SMILES string of the molecule is CS/C=C\[C@H](NC(=O)[C@@H](CC(C)C)N1CC[C@@H](N)C1=O)C(=O)N[C@@H](CCC(N)=O)C(=O)N[C@@H](Cc1c[nH]c2ccccc12)C(=O)N[C@H](C=O)Cc1ccccc1. The number of nitrogens with one attached hydrogen (secondary N) is 5. The van der Waals surface area contributed by atoms with Crippen molar-refractivity contribution in [3.63, 3.8) is 0 Å². The van der Waals surface area contributed by atoms with Crippen LogP contribution in [-0.2, 0) is 46.4 Å². The van der Waals surface area contributed by atoms with Crippen LogP contribution in [0.25, 0.3) is 10.9 Å². The first-order valence-corrected chi connectivity index (χ1v) is 19.9. The van der Waals surface area contributed by atoms with Gasteiger partial charge in [0.25, 0.3) is 0 Å². The van der Waals surface area contributed by atoms with Crippen molar-refractivity contribution in [2.75, 3.05) is 12.8 Å². The fourth-order valence-electron chi connectivity index (χ4n) is 6.57. The van der Waals surface area contributed by atoms with E-state index in [1.807, 2.05) is 68.4 Å². The van der Waals surface area contributed by atoms with Crippen LogP contribution in [0, 0.1) is 5.92 Å². The van der Waals surface area contributed by atoms with Crippen molar-refractivity contribution in [2.24, 2.45) is 17.4 Å². The minimum absolute atomic E-state index is 0.0141. The molecule has 0 spiro atoms. The molecule has 56 heavy (non-hydrogen) atoms. The van der Waals surface area contributed by atoms with Gasteiger partial charge in [0.05, 0.1) is 12.1 Å². The molecule has 1 saturated heterocycles. The Kier molecular flexibility index (Phi) is 16.2. The third kappa shape index (κ3) is 12.3. The number of rotatable bonds is 21. The van der Waals surface area contributed by atoms with Crippen molar-refractivity contribution >= 4 is 64.4 Å². The summed E-state index contributed by atoms with van der Waals surface area (Å²) in [4.78, 5) is 97.1. The topological polar surface area (TPSA) is 239 Å². The second kappa shape index (κ2) is 21.0. The maximum Gasteiger partial charge on any atom is 0.247 e. The predicted molar refractivity (Wildman–Crippen MR) is 215 cm³/mol. The highest BCUT2D eigenvalue weighted by atomic mass is 32.2. The highest BCUT2D eigenvalue weighted by Crippen LogP contribution is 2.21. The zero-order valence-corrected chi connectivity index (χ0v) is 32.7. The molecule has 2 aromatic carbocycles. The van der Waals surface area contributed by atoms with Crippen LogP contribution in [0.5, 0.6) is 0 Å². The smallest absolute Gasteiger partial charge is 0.247 e. The zero-order chi connectivity index (χ0) is 40.8. The van der Waals surface area contributed by atoms with E-state index in [2.05, 4.69) is 26.3 Å².